The molecule has 2 atom stereocenters. The number of para-hydroxylation sites is 1. The predicted octanol–water partition coefficient (Wildman–Crippen LogP) is 4.80. The number of carboxylic acid groups (broad SMARTS) is 1. The van der Waals surface area contributed by atoms with E-state index in [0.29, 0.717) is 13.2 Å². The molecular weight excluding hydrogens is 402 g/mol. The monoisotopic (exact) mass is 423 g/mol. The molecule has 2 unspecified atom stereocenters. The van der Waals surface area contributed by atoms with E-state index in [-0.39, 0.29) is 12.0 Å². The average molecular weight is 424 g/mol. The number of carboxylic acids is 1. The Morgan fingerprint density at radius 3 is 2.88 bits per heavy atom. The summed E-state index contributed by atoms with van der Waals surface area (Å²) in [5.74, 6) is -0.134. The number of nitrogens with zero attached hydrogens (tertiary/aromatic N) is 1. The summed E-state index contributed by atoms with van der Waals surface area (Å²) in [5.41, 5.74) is 1.10. The topological polar surface area (TPSA) is 49.8 Å². The van der Waals surface area contributed by atoms with Crippen LogP contribution in [0.5, 0.6) is 5.75 Å². The third-order valence-electron chi connectivity index (χ3n) is 4.54. The number of carbonyl (C=O) groups is 1. The van der Waals surface area contributed by atoms with E-state index in [1.165, 1.54) is 4.88 Å². The van der Waals surface area contributed by atoms with E-state index in [4.69, 9.17) is 4.74 Å². The molecule has 0 saturated carbocycles. The first-order valence-corrected chi connectivity index (χ1v) is 10.1. The van der Waals surface area contributed by atoms with Gasteiger partial charge in [-0.2, -0.15) is 0 Å². The lowest BCUT2D eigenvalue weighted by Gasteiger charge is -2.37. The molecule has 0 bridgehead atoms. The second-order valence-corrected chi connectivity index (χ2v) is 8.68. The van der Waals surface area contributed by atoms with Crippen LogP contribution in [0.25, 0.3) is 0 Å². The molecule has 0 aliphatic carbocycles. The van der Waals surface area contributed by atoms with E-state index in [1.807, 2.05) is 25.1 Å². The van der Waals surface area contributed by atoms with Crippen LogP contribution in [-0.4, -0.2) is 35.7 Å². The van der Waals surface area contributed by atoms with Gasteiger partial charge in [-0.1, -0.05) is 18.2 Å². The van der Waals surface area contributed by atoms with Crippen molar-refractivity contribution in [3.05, 3.63) is 50.6 Å². The molecule has 1 aromatic carbocycles. The Labute approximate surface area is 160 Å². The summed E-state index contributed by atoms with van der Waals surface area (Å²) >= 11 is 5.25. The molecule has 4 nitrogen and oxygen atoms in total. The number of rotatable bonds is 6. The molecule has 1 aliphatic rings. The second kappa shape index (κ2) is 8.34. The summed E-state index contributed by atoms with van der Waals surface area (Å²) in [4.78, 5) is 15.0. The van der Waals surface area contributed by atoms with E-state index in [2.05, 4.69) is 39.0 Å². The van der Waals surface area contributed by atoms with Crippen molar-refractivity contribution >= 4 is 33.2 Å². The Morgan fingerprint density at radius 1 is 1.40 bits per heavy atom. The molecule has 1 N–H and O–H groups in total. The van der Waals surface area contributed by atoms with Crippen molar-refractivity contribution in [2.24, 2.45) is 5.92 Å². The highest BCUT2D eigenvalue weighted by atomic mass is 79.9. The third-order valence-corrected chi connectivity index (χ3v) is 6.22. The Bertz CT molecular complexity index is 733. The number of hydrogen-bond donors (Lipinski definition) is 1. The van der Waals surface area contributed by atoms with Crippen LogP contribution in [0.3, 0.4) is 0 Å². The van der Waals surface area contributed by atoms with Crippen molar-refractivity contribution in [1.29, 1.82) is 0 Å². The minimum absolute atomic E-state index is 0.0150. The number of aliphatic carboxylic acids is 1. The van der Waals surface area contributed by atoms with Gasteiger partial charge in [-0.3, -0.25) is 9.69 Å². The molecule has 1 saturated heterocycles. The summed E-state index contributed by atoms with van der Waals surface area (Å²) < 4.78 is 6.94. The quantitative estimate of drug-likeness (QED) is 0.724. The lowest BCUT2D eigenvalue weighted by atomic mass is 9.94. The molecule has 3 rings (SSSR count). The average Bonchev–Trinajstić information content (AvgIpc) is 3.03. The number of likely N-dealkylation sites (tertiary alicyclic amines) is 1. The molecule has 1 aliphatic heterocycles. The Kier molecular flexibility index (Phi) is 6.15. The molecule has 134 valence electrons. The van der Waals surface area contributed by atoms with E-state index in [0.717, 1.165) is 34.5 Å². The van der Waals surface area contributed by atoms with Gasteiger partial charge < -0.3 is 9.84 Å². The highest BCUT2D eigenvalue weighted by Crippen LogP contribution is 2.40. The fourth-order valence-electron chi connectivity index (χ4n) is 3.44. The van der Waals surface area contributed by atoms with Crippen LogP contribution in [0.2, 0.25) is 0 Å². The normalized spacial score (nSPS) is 19.5. The van der Waals surface area contributed by atoms with Crippen molar-refractivity contribution in [2.45, 2.75) is 25.8 Å². The first-order chi connectivity index (χ1) is 12.1. The van der Waals surface area contributed by atoms with E-state index < -0.39 is 5.97 Å². The van der Waals surface area contributed by atoms with Crippen LogP contribution in [0.1, 0.15) is 36.2 Å². The number of halogens is 1. The third kappa shape index (κ3) is 4.25. The van der Waals surface area contributed by atoms with Crippen molar-refractivity contribution < 1.29 is 14.6 Å². The Hall–Kier alpha value is -1.37. The van der Waals surface area contributed by atoms with E-state index >= 15 is 0 Å². The molecule has 25 heavy (non-hydrogen) atoms. The molecule has 6 heteroatoms. The number of hydrogen-bond acceptors (Lipinski definition) is 4. The Morgan fingerprint density at radius 2 is 2.20 bits per heavy atom. The summed E-state index contributed by atoms with van der Waals surface area (Å²) in [7, 11) is 0. The molecule has 1 fully saturated rings. The first-order valence-electron chi connectivity index (χ1n) is 8.54. The lowest BCUT2D eigenvalue weighted by molar-refractivity contribution is -0.143. The number of benzene rings is 1. The zero-order chi connectivity index (χ0) is 17.8. The van der Waals surface area contributed by atoms with Gasteiger partial charge in [0.2, 0.25) is 0 Å². The van der Waals surface area contributed by atoms with Crippen LogP contribution in [0, 0.1) is 5.92 Å². The fraction of sp³-hybridized carbons (Fsp3) is 0.421. The van der Waals surface area contributed by atoms with Crippen LogP contribution in [0.15, 0.2) is 40.2 Å². The van der Waals surface area contributed by atoms with Crippen LogP contribution in [-0.2, 0) is 4.79 Å². The molecule has 0 amide bonds. The lowest BCUT2D eigenvalue weighted by Crippen LogP contribution is -2.41. The van der Waals surface area contributed by atoms with Crippen molar-refractivity contribution in [3.63, 3.8) is 0 Å². The van der Waals surface area contributed by atoms with E-state index in [1.54, 1.807) is 11.3 Å². The minimum Gasteiger partial charge on any atom is -0.494 e. The zero-order valence-electron chi connectivity index (χ0n) is 14.2. The van der Waals surface area contributed by atoms with Crippen LogP contribution < -0.4 is 4.74 Å². The van der Waals surface area contributed by atoms with Crippen molar-refractivity contribution in [3.8, 4) is 5.75 Å². The van der Waals surface area contributed by atoms with Crippen molar-refractivity contribution in [2.75, 3.05) is 19.7 Å². The predicted molar refractivity (Wildman–Crippen MR) is 103 cm³/mol. The van der Waals surface area contributed by atoms with Gasteiger partial charge >= 0.3 is 5.97 Å². The molecule has 0 spiro atoms. The zero-order valence-corrected chi connectivity index (χ0v) is 16.6. The van der Waals surface area contributed by atoms with Gasteiger partial charge in [0.15, 0.2) is 0 Å². The van der Waals surface area contributed by atoms with E-state index in [9.17, 15) is 9.90 Å². The number of ether oxygens (including phenoxy) is 1. The molecule has 1 aromatic heterocycles. The summed E-state index contributed by atoms with van der Waals surface area (Å²) in [6.45, 7) is 4.05. The van der Waals surface area contributed by atoms with Gasteiger partial charge in [0, 0.05) is 17.0 Å². The summed E-state index contributed by atoms with van der Waals surface area (Å²) in [5, 5.41) is 9.47. The van der Waals surface area contributed by atoms with Crippen LogP contribution in [0.4, 0.5) is 0 Å². The maximum Gasteiger partial charge on any atom is 0.307 e. The highest BCUT2D eigenvalue weighted by Gasteiger charge is 2.33. The smallest absolute Gasteiger partial charge is 0.307 e. The first kappa shape index (κ1) is 18.4. The van der Waals surface area contributed by atoms with Gasteiger partial charge in [0.25, 0.3) is 0 Å². The summed E-state index contributed by atoms with van der Waals surface area (Å²) in [6.07, 6.45) is 1.65. The highest BCUT2D eigenvalue weighted by molar-refractivity contribution is 9.11. The van der Waals surface area contributed by atoms with Gasteiger partial charge in [0.1, 0.15) is 5.75 Å². The minimum atomic E-state index is -0.700. The fourth-order valence-corrected chi connectivity index (χ4v) is 5.02. The summed E-state index contributed by atoms with van der Waals surface area (Å²) in [6, 6.07) is 12.3. The number of thiophene rings is 1. The Balaban J connectivity index is 2.00. The largest absolute Gasteiger partial charge is 0.494 e. The molecule has 0 radical (unpaired) electrons. The molecular formula is C19H22BrNO3S. The van der Waals surface area contributed by atoms with Gasteiger partial charge in [0.05, 0.1) is 22.4 Å². The van der Waals surface area contributed by atoms with Crippen LogP contribution >= 0.6 is 27.3 Å². The maximum atomic E-state index is 11.5. The van der Waals surface area contributed by atoms with Gasteiger partial charge in [-0.05, 0) is 60.4 Å². The maximum absolute atomic E-state index is 11.5. The molecule has 2 heterocycles. The van der Waals surface area contributed by atoms with Gasteiger partial charge in [-0.25, -0.2) is 0 Å². The standard InChI is InChI=1S/C19H22BrNO3S/c1-2-24-15-8-4-3-7-14(15)18(16-9-10-17(20)25-16)21-11-5-6-13(12-21)19(22)23/h3-4,7-10,13,18H,2,5-6,11-12H2,1H3,(H,22,23). The number of piperidine rings is 1. The van der Waals surface area contributed by atoms with Crippen molar-refractivity contribution in [1.82, 2.24) is 4.90 Å². The second-order valence-electron chi connectivity index (χ2n) is 6.19. The van der Waals surface area contributed by atoms with Gasteiger partial charge in [-0.15, -0.1) is 11.3 Å². The SMILES string of the molecule is CCOc1ccccc1C(c1ccc(Br)s1)N1CCCC(C(=O)O)C1. The molecule has 2 aromatic rings.